The molecular weight excluding hydrogens is 621 g/mol. The molecule has 4 aromatic heterocycles. The van der Waals surface area contributed by atoms with Crippen molar-refractivity contribution in [3.05, 3.63) is 145 Å². The molecule has 45 heavy (non-hydrogen) atoms. The second-order valence-electron chi connectivity index (χ2n) is 9.80. The van der Waals surface area contributed by atoms with Gasteiger partial charge in [0.25, 0.3) is 20.0 Å². The van der Waals surface area contributed by atoms with Crippen molar-refractivity contribution in [3.63, 3.8) is 0 Å². The lowest BCUT2D eigenvalue weighted by molar-refractivity contribution is 0.585. The van der Waals surface area contributed by atoms with E-state index in [0.717, 1.165) is 7.94 Å². The lowest BCUT2D eigenvalue weighted by atomic mass is 10.1. The second kappa shape index (κ2) is 12.0. The SMILES string of the molecule is O=S(=O)(c1cccnc1)n1cc(C=NCc2cc(-c3ccccc3F)n(S(=O)(=O)c3cccnc3)c2)cc1-c1ccccc1F. The molecule has 4 heterocycles. The van der Waals surface area contributed by atoms with Gasteiger partial charge in [0.1, 0.15) is 21.4 Å². The fraction of sp³-hybridized carbons (Fsp3) is 0.0312. The van der Waals surface area contributed by atoms with Gasteiger partial charge in [0.15, 0.2) is 0 Å². The van der Waals surface area contributed by atoms with Crippen LogP contribution in [0.4, 0.5) is 8.78 Å². The highest BCUT2D eigenvalue weighted by atomic mass is 32.2. The van der Waals surface area contributed by atoms with Crippen LogP contribution in [-0.4, -0.2) is 41.0 Å². The first kappa shape index (κ1) is 29.8. The zero-order chi connectivity index (χ0) is 31.6. The van der Waals surface area contributed by atoms with E-state index in [1.807, 2.05) is 0 Å². The first-order valence-corrected chi connectivity index (χ1v) is 16.3. The van der Waals surface area contributed by atoms with Gasteiger partial charge < -0.3 is 0 Å². The van der Waals surface area contributed by atoms with E-state index in [1.165, 1.54) is 116 Å². The van der Waals surface area contributed by atoms with Gasteiger partial charge in [-0.15, -0.1) is 0 Å². The van der Waals surface area contributed by atoms with Crippen LogP contribution >= 0.6 is 0 Å². The highest BCUT2D eigenvalue weighted by Crippen LogP contribution is 2.30. The largest absolute Gasteiger partial charge is 0.288 e. The van der Waals surface area contributed by atoms with Crippen LogP contribution in [0.15, 0.2) is 137 Å². The third-order valence-corrected chi connectivity index (χ3v) is 10.2. The normalized spacial score (nSPS) is 12.1. The van der Waals surface area contributed by atoms with Gasteiger partial charge in [-0.05, 0) is 66.2 Å². The lowest BCUT2D eigenvalue weighted by Crippen LogP contribution is -2.13. The summed E-state index contributed by atoms with van der Waals surface area (Å²) < 4.78 is 85.7. The Kier molecular flexibility index (Phi) is 7.96. The number of rotatable bonds is 9. The minimum Gasteiger partial charge on any atom is -0.288 e. The summed E-state index contributed by atoms with van der Waals surface area (Å²) in [5, 5.41) is 0. The maximum absolute atomic E-state index is 14.8. The number of aromatic nitrogens is 4. The van der Waals surface area contributed by atoms with Crippen LogP contribution in [0.1, 0.15) is 11.1 Å². The molecule has 0 atom stereocenters. The molecule has 0 saturated heterocycles. The van der Waals surface area contributed by atoms with E-state index in [0.29, 0.717) is 11.1 Å². The first-order valence-electron chi connectivity index (χ1n) is 13.4. The molecule has 226 valence electrons. The Labute approximate surface area is 257 Å². The molecule has 0 saturated carbocycles. The number of benzene rings is 2. The van der Waals surface area contributed by atoms with Gasteiger partial charge in [0.05, 0.1) is 17.9 Å². The molecule has 0 aliphatic heterocycles. The maximum Gasteiger partial charge on any atom is 0.269 e. The maximum atomic E-state index is 14.8. The van der Waals surface area contributed by atoms with Gasteiger partial charge in [-0.1, -0.05) is 24.3 Å². The van der Waals surface area contributed by atoms with Crippen molar-refractivity contribution in [2.24, 2.45) is 4.99 Å². The summed E-state index contributed by atoms with van der Waals surface area (Å²) >= 11 is 0. The Morgan fingerprint density at radius 2 is 1.18 bits per heavy atom. The van der Waals surface area contributed by atoms with E-state index in [-0.39, 0.29) is 38.9 Å². The molecule has 0 spiro atoms. The third-order valence-electron chi connectivity index (χ3n) is 6.85. The Morgan fingerprint density at radius 1 is 0.667 bits per heavy atom. The molecule has 0 radical (unpaired) electrons. The van der Waals surface area contributed by atoms with Crippen LogP contribution < -0.4 is 0 Å². The standard InChI is InChI=1S/C32H23F2N5O4S2/c33-29-11-3-1-9-27(29)31-15-23(21-38(31)44(40,41)25-7-5-13-35-19-25)17-37-18-24-16-32(28-10-2-4-12-30(28)34)39(22-24)45(42,43)26-8-6-14-36-20-26/h1-17,19-22H,18H2. The third kappa shape index (κ3) is 5.82. The number of aliphatic imine (C=N–C) groups is 1. The second-order valence-corrected chi connectivity index (χ2v) is 13.4. The smallest absolute Gasteiger partial charge is 0.269 e. The molecule has 0 N–H and O–H groups in total. The van der Waals surface area contributed by atoms with Gasteiger partial charge in [-0.25, -0.2) is 33.6 Å². The number of halogens is 2. The van der Waals surface area contributed by atoms with Crippen LogP contribution in [0.2, 0.25) is 0 Å². The summed E-state index contributed by atoms with van der Waals surface area (Å²) in [5.41, 5.74) is 1.10. The zero-order valence-corrected chi connectivity index (χ0v) is 24.9. The molecule has 6 rings (SSSR count). The molecule has 0 aliphatic carbocycles. The summed E-state index contributed by atoms with van der Waals surface area (Å²) in [6.45, 7) is -0.0351. The monoisotopic (exact) mass is 643 g/mol. The molecule has 0 aliphatic rings. The highest BCUT2D eigenvalue weighted by Gasteiger charge is 2.25. The number of hydrogen-bond donors (Lipinski definition) is 0. The summed E-state index contributed by atoms with van der Waals surface area (Å²) in [4.78, 5) is 12.0. The Balaban J connectivity index is 1.39. The molecule has 6 aromatic rings. The van der Waals surface area contributed by atoms with Crippen LogP contribution in [0, 0.1) is 11.6 Å². The quantitative estimate of drug-likeness (QED) is 0.184. The Morgan fingerprint density at radius 3 is 1.69 bits per heavy atom. The molecular formula is C32H23F2N5O4S2. The van der Waals surface area contributed by atoms with Gasteiger partial charge in [-0.3, -0.25) is 15.0 Å². The van der Waals surface area contributed by atoms with Crippen molar-refractivity contribution < 1.29 is 25.6 Å². The topological polar surface area (TPSA) is 116 Å². The lowest BCUT2D eigenvalue weighted by Gasteiger charge is -2.10. The first-order chi connectivity index (χ1) is 21.7. The molecule has 9 nitrogen and oxygen atoms in total. The van der Waals surface area contributed by atoms with E-state index in [1.54, 1.807) is 12.1 Å². The fourth-order valence-corrected chi connectivity index (χ4v) is 7.43. The van der Waals surface area contributed by atoms with E-state index >= 15 is 0 Å². The predicted molar refractivity (Wildman–Crippen MR) is 165 cm³/mol. The van der Waals surface area contributed by atoms with Crippen molar-refractivity contribution in [3.8, 4) is 22.5 Å². The molecule has 0 amide bonds. The fourth-order valence-electron chi connectivity index (χ4n) is 4.73. The van der Waals surface area contributed by atoms with E-state index in [2.05, 4.69) is 15.0 Å². The van der Waals surface area contributed by atoms with Crippen molar-refractivity contribution >= 4 is 26.3 Å². The van der Waals surface area contributed by atoms with Crippen molar-refractivity contribution in [2.75, 3.05) is 0 Å². The Bertz CT molecular complexity index is 2250. The molecule has 13 heteroatoms. The summed E-state index contributed by atoms with van der Waals surface area (Å²) in [6.07, 6.45) is 9.36. The molecule has 0 bridgehead atoms. The highest BCUT2D eigenvalue weighted by molar-refractivity contribution is 7.90. The van der Waals surface area contributed by atoms with E-state index < -0.39 is 31.7 Å². The predicted octanol–water partition coefficient (Wildman–Crippen LogP) is 5.78. The summed E-state index contributed by atoms with van der Waals surface area (Å²) in [5.74, 6) is -1.22. The van der Waals surface area contributed by atoms with Crippen LogP contribution in [-0.2, 0) is 26.6 Å². The van der Waals surface area contributed by atoms with Crippen LogP contribution in [0.5, 0.6) is 0 Å². The molecule has 0 unspecified atom stereocenters. The van der Waals surface area contributed by atoms with Crippen LogP contribution in [0.25, 0.3) is 22.5 Å². The Hall–Kier alpha value is -5.27. The van der Waals surface area contributed by atoms with Crippen molar-refractivity contribution in [1.82, 2.24) is 17.9 Å². The average molecular weight is 644 g/mol. The van der Waals surface area contributed by atoms with E-state index in [9.17, 15) is 25.6 Å². The van der Waals surface area contributed by atoms with E-state index in [4.69, 9.17) is 0 Å². The summed E-state index contributed by atoms with van der Waals surface area (Å²) in [6, 6.07) is 20.4. The summed E-state index contributed by atoms with van der Waals surface area (Å²) in [7, 11) is -8.30. The van der Waals surface area contributed by atoms with Crippen LogP contribution in [0.3, 0.4) is 0 Å². The average Bonchev–Trinajstić information content (AvgIpc) is 3.68. The zero-order valence-electron chi connectivity index (χ0n) is 23.3. The minimum absolute atomic E-state index is 0.0351. The van der Waals surface area contributed by atoms with Gasteiger partial charge in [-0.2, -0.15) is 0 Å². The van der Waals surface area contributed by atoms with Crippen molar-refractivity contribution in [2.45, 2.75) is 16.3 Å². The minimum atomic E-state index is -4.16. The van der Waals surface area contributed by atoms with Crippen molar-refractivity contribution in [1.29, 1.82) is 0 Å². The van der Waals surface area contributed by atoms with Gasteiger partial charge >= 0.3 is 0 Å². The molecule has 2 aromatic carbocycles. The van der Waals surface area contributed by atoms with Gasteiger partial charge in [0, 0.05) is 60.1 Å². The molecule has 0 fully saturated rings. The number of hydrogen-bond acceptors (Lipinski definition) is 7. The number of pyridine rings is 2. The number of nitrogens with zero attached hydrogens (tertiary/aromatic N) is 5. The van der Waals surface area contributed by atoms with Gasteiger partial charge in [0.2, 0.25) is 0 Å².